The second-order valence-corrected chi connectivity index (χ2v) is 5.52. The normalized spacial score (nSPS) is 28.9. The van der Waals surface area contributed by atoms with Crippen LogP contribution in [0.4, 0.5) is 0 Å². The summed E-state index contributed by atoms with van der Waals surface area (Å²) in [4.78, 5) is 24.6. The van der Waals surface area contributed by atoms with Gasteiger partial charge in [0.1, 0.15) is 5.75 Å². The SMILES string of the molecule is CCOc1ccccc1C12CCCCC1C(=O)NC2=O. The lowest BCUT2D eigenvalue weighted by Crippen LogP contribution is -2.42. The van der Waals surface area contributed by atoms with Gasteiger partial charge in [0.05, 0.1) is 17.9 Å². The molecule has 3 rings (SSSR count). The Bertz CT molecular complexity index is 554. The molecular weight excluding hydrogens is 254 g/mol. The van der Waals surface area contributed by atoms with E-state index in [2.05, 4.69) is 5.32 Å². The van der Waals surface area contributed by atoms with Crippen LogP contribution in [0.15, 0.2) is 24.3 Å². The third kappa shape index (κ3) is 1.74. The third-order valence-electron chi connectivity index (χ3n) is 4.53. The molecule has 4 heteroatoms. The molecule has 0 radical (unpaired) electrons. The standard InChI is InChI=1S/C16H19NO3/c1-2-20-13-9-4-3-7-11(13)16-10-6-5-8-12(16)14(18)17-15(16)19/h3-4,7,9,12H,2,5-6,8,10H2,1H3,(H,17,18,19). The molecular formula is C16H19NO3. The van der Waals surface area contributed by atoms with Crippen LogP contribution in [-0.4, -0.2) is 18.4 Å². The molecule has 1 saturated heterocycles. The lowest BCUT2D eigenvalue weighted by atomic mass is 9.63. The van der Waals surface area contributed by atoms with Crippen LogP contribution in [0.5, 0.6) is 5.75 Å². The molecule has 2 aliphatic rings. The highest BCUT2D eigenvalue weighted by Gasteiger charge is 2.57. The maximum atomic E-state index is 12.5. The van der Waals surface area contributed by atoms with Gasteiger partial charge in [0.25, 0.3) is 0 Å². The van der Waals surface area contributed by atoms with Gasteiger partial charge in [-0.15, -0.1) is 0 Å². The Kier molecular flexibility index (Phi) is 3.24. The molecule has 1 aliphatic carbocycles. The number of benzene rings is 1. The molecule has 2 amide bonds. The van der Waals surface area contributed by atoms with Gasteiger partial charge in [0.2, 0.25) is 11.8 Å². The van der Waals surface area contributed by atoms with Gasteiger partial charge in [-0.25, -0.2) is 0 Å². The highest BCUT2D eigenvalue weighted by molar-refractivity contribution is 6.11. The largest absolute Gasteiger partial charge is 0.494 e. The fourth-order valence-electron chi connectivity index (χ4n) is 3.67. The van der Waals surface area contributed by atoms with Crippen molar-refractivity contribution in [3.05, 3.63) is 29.8 Å². The first-order valence-electron chi connectivity index (χ1n) is 7.27. The van der Waals surface area contributed by atoms with E-state index in [1.54, 1.807) is 0 Å². The van der Waals surface area contributed by atoms with E-state index in [0.29, 0.717) is 6.61 Å². The molecule has 2 fully saturated rings. The number of fused-ring (bicyclic) bond motifs is 1. The Morgan fingerprint density at radius 3 is 2.90 bits per heavy atom. The average molecular weight is 273 g/mol. The van der Waals surface area contributed by atoms with Crippen LogP contribution in [0.3, 0.4) is 0 Å². The van der Waals surface area contributed by atoms with E-state index in [9.17, 15) is 9.59 Å². The van der Waals surface area contributed by atoms with E-state index in [4.69, 9.17) is 4.74 Å². The number of amides is 2. The quantitative estimate of drug-likeness (QED) is 0.859. The Balaban J connectivity index is 2.14. The fourth-order valence-corrected chi connectivity index (χ4v) is 3.67. The van der Waals surface area contributed by atoms with Crippen molar-refractivity contribution in [2.75, 3.05) is 6.61 Å². The number of carbonyl (C=O) groups is 2. The summed E-state index contributed by atoms with van der Waals surface area (Å²) in [5.74, 6) is 0.206. The summed E-state index contributed by atoms with van der Waals surface area (Å²) in [6.45, 7) is 2.47. The Morgan fingerprint density at radius 2 is 2.10 bits per heavy atom. The average Bonchev–Trinajstić information content (AvgIpc) is 2.73. The van der Waals surface area contributed by atoms with E-state index in [0.717, 1.165) is 37.0 Å². The van der Waals surface area contributed by atoms with E-state index in [1.165, 1.54) is 0 Å². The minimum absolute atomic E-state index is 0.124. The van der Waals surface area contributed by atoms with Gasteiger partial charge in [0.15, 0.2) is 0 Å². The second-order valence-electron chi connectivity index (χ2n) is 5.52. The molecule has 4 nitrogen and oxygen atoms in total. The first-order chi connectivity index (χ1) is 9.70. The summed E-state index contributed by atoms with van der Waals surface area (Å²) in [6, 6.07) is 7.63. The van der Waals surface area contributed by atoms with Gasteiger partial charge in [-0.2, -0.15) is 0 Å². The molecule has 106 valence electrons. The molecule has 1 heterocycles. The number of para-hydroxylation sites is 1. The maximum absolute atomic E-state index is 12.5. The summed E-state index contributed by atoms with van der Waals surface area (Å²) in [5.41, 5.74) is 0.149. The molecule has 2 unspecified atom stereocenters. The van der Waals surface area contributed by atoms with Crippen LogP contribution in [0.25, 0.3) is 0 Å². The van der Waals surface area contributed by atoms with Crippen LogP contribution < -0.4 is 10.1 Å². The zero-order chi connectivity index (χ0) is 14.2. The van der Waals surface area contributed by atoms with Gasteiger partial charge >= 0.3 is 0 Å². The van der Waals surface area contributed by atoms with Crippen molar-refractivity contribution in [3.63, 3.8) is 0 Å². The number of nitrogens with one attached hydrogen (secondary N) is 1. The van der Waals surface area contributed by atoms with E-state index in [1.807, 2.05) is 31.2 Å². The number of carbonyl (C=O) groups excluding carboxylic acids is 2. The molecule has 2 atom stereocenters. The number of ether oxygens (including phenoxy) is 1. The second kappa shape index (κ2) is 4.93. The number of imide groups is 1. The summed E-state index contributed by atoms with van der Waals surface area (Å²) in [7, 11) is 0. The van der Waals surface area contributed by atoms with Crippen molar-refractivity contribution >= 4 is 11.8 Å². The molecule has 1 saturated carbocycles. The minimum atomic E-state index is -0.721. The molecule has 0 bridgehead atoms. The zero-order valence-electron chi connectivity index (χ0n) is 11.6. The third-order valence-corrected chi connectivity index (χ3v) is 4.53. The van der Waals surface area contributed by atoms with Crippen molar-refractivity contribution in [1.82, 2.24) is 5.32 Å². The molecule has 1 aromatic carbocycles. The highest BCUT2D eigenvalue weighted by Crippen LogP contribution is 2.49. The van der Waals surface area contributed by atoms with Gasteiger partial charge in [-0.1, -0.05) is 31.0 Å². The van der Waals surface area contributed by atoms with Gasteiger partial charge in [0, 0.05) is 5.56 Å². The first kappa shape index (κ1) is 13.2. The van der Waals surface area contributed by atoms with Crippen LogP contribution in [-0.2, 0) is 15.0 Å². The Hall–Kier alpha value is -1.84. The molecule has 20 heavy (non-hydrogen) atoms. The minimum Gasteiger partial charge on any atom is -0.494 e. The molecule has 1 aromatic rings. The predicted octanol–water partition coefficient (Wildman–Crippen LogP) is 2.17. The van der Waals surface area contributed by atoms with Crippen molar-refractivity contribution in [1.29, 1.82) is 0 Å². The zero-order valence-corrected chi connectivity index (χ0v) is 11.6. The number of hydrogen-bond acceptors (Lipinski definition) is 3. The van der Waals surface area contributed by atoms with Crippen molar-refractivity contribution < 1.29 is 14.3 Å². The molecule has 1 N–H and O–H groups in total. The van der Waals surface area contributed by atoms with Gasteiger partial charge in [-0.05, 0) is 25.8 Å². The summed E-state index contributed by atoms with van der Waals surface area (Å²) in [5, 5.41) is 2.53. The molecule has 1 aliphatic heterocycles. The van der Waals surface area contributed by atoms with Gasteiger partial charge < -0.3 is 4.74 Å². The lowest BCUT2D eigenvalue weighted by Gasteiger charge is -2.36. The topological polar surface area (TPSA) is 55.4 Å². The molecule has 0 aromatic heterocycles. The first-order valence-corrected chi connectivity index (χ1v) is 7.27. The van der Waals surface area contributed by atoms with E-state index >= 15 is 0 Å². The Labute approximate surface area is 118 Å². The summed E-state index contributed by atoms with van der Waals surface area (Å²) >= 11 is 0. The van der Waals surface area contributed by atoms with Gasteiger partial charge in [-0.3, -0.25) is 14.9 Å². The molecule has 0 spiro atoms. The number of hydrogen-bond donors (Lipinski definition) is 1. The monoisotopic (exact) mass is 273 g/mol. The fraction of sp³-hybridized carbons (Fsp3) is 0.500. The van der Waals surface area contributed by atoms with Crippen LogP contribution in [0, 0.1) is 5.92 Å². The van der Waals surface area contributed by atoms with Crippen molar-refractivity contribution in [2.45, 2.75) is 38.0 Å². The van der Waals surface area contributed by atoms with Crippen LogP contribution >= 0.6 is 0 Å². The Morgan fingerprint density at radius 1 is 1.30 bits per heavy atom. The smallest absolute Gasteiger partial charge is 0.238 e. The maximum Gasteiger partial charge on any atom is 0.238 e. The van der Waals surface area contributed by atoms with E-state index in [-0.39, 0.29) is 17.7 Å². The predicted molar refractivity (Wildman–Crippen MR) is 74.4 cm³/mol. The highest BCUT2D eigenvalue weighted by atomic mass is 16.5. The summed E-state index contributed by atoms with van der Waals surface area (Å²) < 4.78 is 5.69. The lowest BCUT2D eigenvalue weighted by molar-refractivity contribution is -0.126. The van der Waals surface area contributed by atoms with Crippen LogP contribution in [0.2, 0.25) is 0 Å². The van der Waals surface area contributed by atoms with Crippen LogP contribution in [0.1, 0.15) is 38.2 Å². The summed E-state index contributed by atoms with van der Waals surface area (Å²) in [6.07, 6.45) is 3.47. The van der Waals surface area contributed by atoms with E-state index < -0.39 is 5.41 Å². The van der Waals surface area contributed by atoms with Crippen molar-refractivity contribution in [3.8, 4) is 5.75 Å². The van der Waals surface area contributed by atoms with Crippen molar-refractivity contribution in [2.24, 2.45) is 5.92 Å². The number of rotatable bonds is 3.